The summed E-state index contributed by atoms with van der Waals surface area (Å²) in [4.78, 5) is 11.8. The lowest BCUT2D eigenvalue weighted by molar-refractivity contribution is 0.101. The molecule has 0 bridgehead atoms. The number of nitrogens with one attached hydrogen (secondary N) is 1. The van der Waals surface area contributed by atoms with Crippen LogP contribution in [0.3, 0.4) is 0 Å². The molecule has 0 fully saturated rings. The van der Waals surface area contributed by atoms with E-state index in [1.54, 1.807) is 0 Å². The standard InChI is InChI=1S/C13H8BrF3N2O/c14-8-5-7(1-2-11(8)18)19-13(20)12-9(16)3-6(15)4-10(12)17/h1-5H,18H2,(H,19,20). The second-order valence-corrected chi connectivity index (χ2v) is 4.79. The number of amides is 1. The van der Waals surface area contributed by atoms with Gasteiger partial charge in [-0.15, -0.1) is 0 Å². The first-order valence-electron chi connectivity index (χ1n) is 5.39. The molecule has 0 aliphatic heterocycles. The van der Waals surface area contributed by atoms with Gasteiger partial charge in [0.2, 0.25) is 0 Å². The number of hydrogen-bond donors (Lipinski definition) is 2. The van der Waals surface area contributed by atoms with Crippen LogP contribution < -0.4 is 11.1 Å². The van der Waals surface area contributed by atoms with Crippen LogP contribution in [-0.2, 0) is 0 Å². The fraction of sp³-hybridized carbons (Fsp3) is 0. The van der Waals surface area contributed by atoms with Crippen molar-refractivity contribution in [3.63, 3.8) is 0 Å². The van der Waals surface area contributed by atoms with Gasteiger partial charge in [-0.25, -0.2) is 13.2 Å². The van der Waals surface area contributed by atoms with Gasteiger partial charge in [0.1, 0.15) is 23.0 Å². The fourth-order valence-corrected chi connectivity index (χ4v) is 1.94. The molecule has 0 spiro atoms. The number of nitrogens with two attached hydrogens (primary N) is 1. The molecule has 2 aromatic rings. The average molecular weight is 345 g/mol. The van der Waals surface area contributed by atoms with Gasteiger partial charge in [0, 0.05) is 28.0 Å². The molecule has 3 nitrogen and oxygen atoms in total. The number of carbonyl (C=O) groups excluding carboxylic acids is 1. The molecule has 2 rings (SSSR count). The van der Waals surface area contributed by atoms with Crippen molar-refractivity contribution in [3.8, 4) is 0 Å². The van der Waals surface area contributed by atoms with Crippen molar-refractivity contribution < 1.29 is 18.0 Å². The van der Waals surface area contributed by atoms with Gasteiger partial charge in [-0.3, -0.25) is 4.79 Å². The van der Waals surface area contributed by atoms with Crippen molar-refractivity contribution >= 4 is 33.2 Å². The van der Waals surface area contributed by atoms with Crippen molar-refractivity contribution in [2.45, 2.75) is 0 Å². The molecule has 0 heterocycles. The van der Waals surface area contributed by atoms with E-state index in [0.29, 0.717) is 28.0 Å². The Kier molecular flexibility index (Phi) is 3.99. The van der Waals surface area contributed by atoms with Crippen LogP contribution >= 0.6 is 15.9 Å². The van der Waals surface area contributed by atoms with Gasteiger partial charge in [-0.05, 0) is 34.1 Å². The van der Waals surface area contributed by atoms with E-state index in [9.17, 15) is 18.0 Å². The lowest BCUT2D eigenvalue weighted by Gasteiger charge is -2.08. The summed E-state index contributed by atoms with van der Waals surface area (Å²) in [6.07, 6.45) is 0. The summed E-state index contributed by atoms with van der Waals surface area (Å²) in [7, 11) is 0. The Bertz CT molecular complexity index is 668. The maximum Gasteiger partial charge on any atom is 0.261 e. The molecule has 0 saturated carbocycles. The van der Waals surface area contributed by atoms with Gasteiger partial charge in [-0.2, -0.15) is 0 Å². The van der Waals surface area contributed by atoms with Crippen LogP contribution in [0.2, 0.25) is 0 Å². The monoisotopic (exact) mass is 344 g/mol. The number of rotatable bonds is 2. The Balaban J connectivity index is 2.31. The number of nitrogen functional groups attached to an aromatic ring is 1. The molecule has 0 aliphatic rings. The summed E-state index contributed by atoms with van der Waals surface area (Å²) >= 11 is 3.16. The van der Waals surface area contributed by atoms with Gasteiger partial charge < -0.3 is 11.1 Å². The first kappa shape index (κ1) is 14.4. The fourth-order valence-electron chi connectivity index (χ4n) is 1.56. The summed E-state index contributed by atoms with van der Waals surface area (Å²) in [5, 5.41) is 2.30. The van der Waals surface area contributed by atoms with Crippen molar-refractivity contribution in [1.29, 1.82) is 0 Å². The maximum absolute atomic E-state index is 13.4. The zero-order chi connectivity index (χ0) is 14.9. The minimum absolute atomic E-state index is 0.291. The van der Waals surface area contributed by atoms with E-state index in [-0.39, 0.29) is 0 Å². The van der Waals surface area contributed by atoms with E-state index in [1.807, 2.05) is 0 Å². The highest BCUT2D eigenvalue weighted by atomic mass is 79.9. The zero-order valence-electron chi connectivity index (χ0n) is 9.88. The highest BCUT2D eigenvalue weighted by Crippen LogP contribution is 2.24. The Morgan fingerprint density at radius 1 is 1.10 bits per heavy atom. The van der Waals surface area contributed by atoms with Crippen LogP contribution in [0.5, 0.6) is 0 Å². The largest absolute Gasteiger partial charge is 0.398 e. The highest BCUT2D eigenvalue weighted by molar-refractivity contribution is 9.10. The number of anilines is 2. The van der Waals surface area contributed by atoms with Crippen molar-refractivity contribution in [1.82, 2.24) is 0 Å². The second kappa shape index (κ2) is 5.54. The molecule has 2 aromatic carbocycles. The zero-order valence-corrected chi connectivity index (χ0v) is 11.5. The van der Waals surface area contributed by atoms with Crippen LogP contribution in [0.15, 0.2) is 34.8 Å². The van der Waals surface area contributed by atoms with Gasteiger partial charge in [0.25, 0.3) is 5.91 Å². The topological polar surface area (TPSA) is 55.1 Å². The Morgan fingerprint density at radius 2 is 1.70 bits per heavy atom. The van der Waals surface area contributed by atoms with Crippen molar-refractivity contribution in [2.24, 2.45) is 0 Å². The maximum atomic E-state index is 13.4. The molecule has 0 aromatic heterocycles. The molecule has 0 atom stereocenters. The molecule has 0 aliphatic carbocycles. The lowest BCUT2D eigenvalue weighted by atomic mass is 10.1. The second-order valence-electron chi connectivity index (χ2n) is 3.93. The van der Waals surface area contributed by atoms with E-state index >= 15 is 0 Å². The molecule has 104 valence electrons. The van der Waals surface area contributed by atoms with Gasteiger partial charge >= 0.3 is 0 Å². The Labute approximate surface area is 120 Å². The number of benzene rings is 2. The van der Waals surface area contributed by atoms with Gasteiger partial charge in [-0.1, -0.05) is 0 Å². The number of halogens is 4. The molecule has 0 unspecified atom stereocenters. The SMILES string of the molecule is Nc1ccc(NC(=O)c2c(F)cc(F)cc2F)cc1Br. The highest BCUT2D eigenvalue weighted by Gasteiger charge is 2.19. The molecule has 3 N–H and O–H groups in total. The van der Waals surface area contributed by atoms with E-state index < -0.39 is 28.9 Å². The minimum atomic E-state index is -1.27. The van der Waals surface area contributed by atoms with Crippen LogP contribution in [-0.4, -0.2) is 5.91 Å². The van der Waals surface area contributed by atoms with E-state index in [1.165, 1.54) is 18.2 Å². The predicted octanol–water partition coefficient (Wildman–Crippen LogP) is 3.70. The van der Waals surface area contributed by atoms with Crippen LogP contribution in [0.4, 0.5) is 24.5 Å². The molecular formula is C13H8BrF3N2O. The molecule has 7 heteroatoms. The van der Waals surface area contributed by atoms with E-state index in [4.69, 9.17) is 5.73 Å². The average Bonchev–Trinajstić information content (AvgIpc) is 2.32. The molecule has 0 saturated heterocycles. The van der Waals surface area contributed by atoms with Gasteiger partial charge in [0.15, 0.2) is 0 Å². The first-order chi connectivity index (χ1) is 9.38. The molecular weight excluding hydrogens is 337 g/mol. The van der Waals surface area contributed by atoms with Crippen LogP contribution in [0.1, 0.15) is 10.4 Å². The minimum Gasteiger partial charge on any atom is -0.398 e. The third kappa shape index (κ3) is 2.93. The molecule has 0 radical (unpaired) electrons. The normalized spacial score (nSPS) is 10.4. The molecule has 1 amide bonds. The number of carbonyl (C=O) groups is 1. The smallest absolute Gasteiger partial charge is 0.261 e. The van der Waals surface area contributed by atoms with Crippen LogP contribution in [0, 0.1) is 17.5 Å². The lowest BCUT2D eigenvalue weighted by Crippen LogP contribution is -2.16. The van der Waals surface area contributed by atoms with E-state index in [0.717, 1.165) is 0 Å². The summed E-state index contributed by atoms with van der Waals surface area (Å²) in [5.41, 5.74) is 5.46. The summed E-state index contributed by atoms with van der Waals surface area (Å²) in [5.74, 6) is -4.65. The Morgan fingerprint density at radius 3 is 2.25 bits per heavy atom. The molecule has 20 heavy (non-hydrogen) atoms. The third-order valence-electron chi connectivity index (χ3n) is 2.49. The van der Waals surface area contributed by atoms with Crippen molar-refractivity contribution in [2.75, 3.05) is 11.1 Å². The summed E-state index contributed by atoms with van der Waals surface area (Å²) in [6.45, 7) is 0. The Hall–Kier alpha value is -2.02. The quantitative estimate of drug-likeness (QED) is 0.816. The summed E-state index contributed by atoms with van der Waals surface area (Å²) < 4.78 is 40.2. The predicted molar refractivity (Wildman–Crippen MR) is 72.8 cm³/mol. The van der Waals surface area contributed by atoms with Crippen LogP contribution in [0.25, 0.3) is 0 Å². The first-order valence-corrected chi connectivity index (χ1v) is 6.18. The number of hydrogen-bond acceptors (Lipinski definition) is 2. The summed E-state index contributed by atoms with van der Waals surface area (Å²) in [6, 6.07) is 5.34. The van der Waals surface area contributed by atoms with Crippen molar-refractivity contribution in [3.05, 3.63) is 57.8 Å². The van der Waals surface area contributed by atoms with E-state index in [2.05, 4.69) is 21.2 Å². The van der Waals surface area contributed by atoms with Gasteiger partial charge in [0.05, 0.1) is 0 Å². The third-order valence-corrected chi connectivity index (χ3v) is 3.18.